The monoisotopic (exact) mass is 370 g/mol. The Morgan fingerprint density at radius 1 is 1.10 bits per heavy atom. The number of hydrogen-bond acceptors (Lipinski definition) is 2. The zero-order chi connectivity index (χ0) is 15.8. The number of rotatable bonds is 3. The van der Waals surface area contributed by atoms with Gasteiger partial charge in [-0.2, -0.15) is 0 Å². The van der Waals surface area contributed by atoms with Crippen LogP contribution in [0.25, 0.3) is 0 Å². The summed E-state index contributed by atoms with van der Waals surface area (Å²) in [6, 6.07) is 4.38. The van der Waals surface area contributed by atoms with Gasteiger partial charge in [-0.3, -0.25) is 0 Å². The molecule has 114 valence electrons. The fourth-order valence-corrected chi connectivity index (χ4v) is 2.55. The summed E-state index contributed by atoms with van der Waals surface area (Å²) >= 11 is 3.03. The van der Waals surface area contributed by atoms with Gasteiger partial charge in [0.25, 0.3) is 0 Å². The van der Waals surface area contributed by atoms with Crippen LogP contribution in [0.3, 0.4) is 0 Å². The first-order valence-corrected chi connectivity index (χ1v) is 9.76. The van der Waals surface area contributed by atoms with E-state index in [0.29, 0.717) is 5.75 Å². The molecule has 0 heterocycles. The third kappa shape index (κ3) is 4.70. The Balaban J connectivity index is 3.02. The van der Waals surface area contributed by atoms with Gasteiger partial charge in [-0.25, -0.2) is 0 Å². The predicted molar refractivity (Wildman–Crippen MR) is 78.7 cm³/mol. The molecule has 0 saturated heterocycles. The van der Waals surface area contributed by atoms with Crippen molar-refractivity contribution in [2.75, 3.05) is 0 Å². The van der Waals surface area contributed by atoms with Crippen molar-refractivity contribution in [2.24, 2.45) is 0 Å². The van der Waals surface area contributed by atoms with Crippen LogP contribution in [0.15, 0.2) is 22.7 Å². The topological polar surface area (TPSA) is 18.5 Å². The summed E-state index contributed by atoms with van der Waals surface area (Å²) in [6.07, 6.45) is -4.72. The Morgan fingerprint density at radius 2 is 1.65 bits per heavy atom. The molecule has 0 spiro atoms. The van der Waals surface area contributed by atoms with E-state index in [2.05, 4.69) is 41.4 Å². The molecule has 0 aliphatic carbocycles. The maximum Gasteiger partial charge on any atom is 0.573 e. The molecule has 0 unspecified atom stereocenters. The first kappa shape index (κ1) is 17.4. The summed E-state index contributed by atoms with van der Waals surface area (Å²) in [6.45, 7) is 10.2. The molecule has 0 saturated carbocycles. The lowest BCUT2D eigenvalue weighted by molar-refractivity contribution is -0.274. The molecule has 20 heavy (non-hydrogen) atoms. The summed E-state index contributed by atoms with van der Waals surface area (Å²) in [7, 11) is -2.10. The van der Waals surface area contributed by atoms with E-state index in [1.165, 1.54) is 12.1 Å². The van der Waals surface area contributed by atoms with E-state index >= 15 is 0 Å². The Labute approximate surface area is 126 Å². The zero-order valence-corrected chi connectivity index (χ0v) is 14.6. The SMILES string of the molecule is CC(C)(C)[Si](C)(C)Oc1ccc(Br)c(OC(F)(F)F)c1. The first-order chi connectivity index (χ1) is 8.82. The van der Waals surface area contributed by atoms with Gasteiger partial charge in [0.2, 0.25) is 8.32 Å². The van der Waals surface area contributed by atoms with Crippen molar-refractivity contribution in [1.82, 2.24) is 0 Å². The summed E-state index contributed by atoms with van der Waals surface area (Å²) in [5.74, 6) is 0.0905. The van der Waals surface area contributed by atoms with Crippen molar-refractivity contribution < 1.29 is 22.3 Å². The van der Waals surface area contributed by atoms with Crippen LogP contribution in [0.4, 0.5) is 13.2 Å². The molecule has 1 aromatic rings. The zero-order valence-electron chi connectivity index (χ0n) is 12.1. The van der Waals surface area contributed by atoms with Gasteiger partial charge in [0.1, 0.15) is 11.5 Å². The van der Waals surface area contributed by atoms with E-state index in [1.54, 1.807) is 6.07 Å². The van der Waals surface area contributed by atoms with Gasteiger partial charge in [-0.1, -0.05) is 20.8 Å². The van der Waals surface area contributed by atoms with Gasteiger partial charge in [-0.15, -0.1) is 13.2 Å². The molecule has 0 aromatic heterocycles. The predicted octanol–water partition coefficient (Wildman–Crippen LogP) is 5.73. The third-order valence-corrected chi connectivity index (χ3v) is 8.32. The Morgan fingerprint density at radius 3 is 2.10 bits per heavy atom. The van der Waals surface area contributed by atoms with Gasteiger partial charge in [-0.05, 0) is 46.2 Å². The van der Waals surface area contributed by atoms with Crippen LogP contribution in [0.2, 0.25) is 18.1 Å². The van der Waals surface area contributed by atoms with Gasteiger partial charge in [0.05, 0.1) is 4.47 Å². The second-order valence-electron chi connectivity index (χ2n) is 6.00. The summed E-state index contributed by atoms with van der Waals surface area (Å²) < 4.78 is 47.1. The molecule has 0 fully saturated rings. The van der Waals surface area contributed by atoms with Gasteiger partial charge in [0.15, 0.2) is 0 Å². The van der Waals surface area contributed by atoms with Gasteiger partial charge < -0.3 is 9.16 Å². The highest BCUT2D eigenvalue weighted by Crippen LogP contribution is 2.39. The van der Waals surface area contributed by atoms with E-state index in [9.17, 15) is 13.2 Å². The van der Waals surface area contributed by atoms with E-state index in [-0.39, 0.29) is 15.3 Å². The molecule has 0 atom stereocenters. The highest BCUT2D eigenvalue weighted by Gasteiger charge is 2.39. The molecule has 0 N–H and O–H groups in total. The average molecular weight is 371 g/mol. The lowest BCUT2D eigenvalue weighted by atomic mass is 10.2. The molecular formula is C13H18BrF3O2Si. The summed E-state index contributed by atoms with van der Waals surface area (Å²) in [5, 5.41) is -0.0366. The van der Waals surface area contributed by atoms with Crippen LogP contribution in [0.1, 0.15) is 20.8 Å². The molecule has 1 aromatic carbocycles. The number of alkyl halides is 3. The smallest absolute Gasteiger partial charge is 0.543 e. The van der Waals surface area contributed by atoms with Crippen molar-refractivity contribution in [3.63, 3.8) is 0 Å². The largest absolute Gasteiger partial charge is 0.573 e. The van der Waals surface area contributed by atoms with Gasteiger partial charge in [0, 0.05) is 6.07 Å². The molecule has 2 nitrogen and oxygen atoms in total. The molecule has 1 rings (SSSR count). The second-order valence-corrected chi connectivity index (χ2v) is 11.6. The highest BCUT2D eigenvalue weighted by molar-refractivity contribution is 9.10. The Bertz CT molecular complexity index is 481. The maximum atomic E-state index is 12.3. The number of halogens is 4. The lowest BCUT2D eigenvalue weighted by Gasteiger charge is -2.36. The molecule has 7 heteroatoms. The van der Waals surface area contributed by atoms with Crippen LogP contribution in [-0.2, 0) is 0 Å². The van der Waals surface area contributed by atoms with E-state index in [1.807, 2.05) is 13.1 Å². The highest BCUT2D eigenvalue weighted by atomic mass is 79.9. The normalized spacial score (nSPS) is 13.2. The van der Waals surface area contributed by atoms with Crippen molar-refractivity contribution in [3.8, 4) is 11.5 Å². The van der Waals surface area contributed by atoms with Crippen molar-refractivity contribution in [1.29, 1.82) is 0 Å². The molecule has 0 aliphatic rings. The minimum absolute atomic E-state index is 0.0366. The first-order valence-electron chi connectivity index (χ1n) is 6.06. The average Bonchev–Trinajstić information content (AvgIpc) is 2.18. The van der Waals surface area contributed by atoms with Crippen LogP contribution in [0.5, 0.6) is 11.5 Å². The molecule has 0 aliphatic heterocycles. The van der Waals surface area contributed by atoms with Crippen LogP contribution < -0.4 is 9.16 Å². The van der Waals surface area contributed by atoms with Crippen molar-refractivity contribution in [3.05, 3.63) is 22.7 Å². The van der Waals surface area contributed by atoms with Gasteiger partial charge >= 0.3 is 6.36 Å². The van der Waals surface area contributed by atoms with E-state index in [0.717, 1.165) is 0 Å². The van der Waals surface area contributed by atoms with Crippen molar-refractivity contribution in [2.45, 2.75) is 45.3 Å². The number of benzene rings is 1. The summed E-state index contributed by atoms with van der Waals surface area (Å²) in [4.78, 5) is 0. The third-order valence-electron chi connectivity index (χ3n) is 3.31. The van der Waals surface area contributed by atoms with Crippen LogP contribution in [0, 0.1) is 0 Å². The number of ether oxygens (including phenoxy) is 1. The van der Waals surface area contributed by atoms with Crippen LogP contribution >= 0.6 is 15.9 Å². The standard InChI is InChI=1S/C13H18BrF3O2Si/c1-12(2,3)20(4,5)19-9-6-7-10(14)11(8-9)18-13(15,16)17/h6-8H,1-5H3. The maximum absolute atomic E-state index is 12.3. The quantitative estimate of drug-likeness (QED) is 0.632. The second kappa shape index (κ2) is 5.59. The molecule has 0 radical (unpaired) electrons. The van der Waals surface area contributed by atoms with Crippen molar-refractivity contribution >= 4 is 24.2 Å². The molecular weight excluding hydrogens is 353 g/mol. The molecule has 0 amide bonds. The minimum atomic E-state index is -4.72. The lowest BCUT2D eigenvalue weighted by Crippen LogP contribution is -2.43. The molecule has 0 bridgehead atoms. The Kier molecular flexibility index (Phi) is 4.86. The summed E-state index contributed by atoms with van der Waals surface area (Å²) in [5.41, 5.74) is 0. The fraction of sp³-hybridized carbons (Fsp3) is 0.538. The Hall–Kier alpha value is -0.693. The minimum Gasteiger partial charge on any atom is -0.543 e. The van der Waals surface area contributed by atoms with Crippen LogP contribution in [-0.4, -0.2) is 14.7 Å². The van der Waals surface area contributed by atoms with E-state index in [4.69, 9.17) is 4.43 Å². The fourth-order valence-electron chi connectivity index (χ4n) is 1.20. The van der Waals surface area contributed by atoms with E-state index < -0.39 is 14.7 Å². The number of hydrogen-bond donors (Lipinski definition) is 0.